The molecule has 6 rings (SSSR count). The zero-order chi connectivity index (χ0) is 25.0. The average molecular weight is 486 g/mol. The second kappa shape index (κ2) is 8.60. The Hall–Kier alpha value is -3.98. The van der Waals surface area contributed by atoms with Crippen LogP contribution in [-0.4, -0.2) is 46.1 Å². The summed E-state index contributed by atoms with van der Waals surface area (Å²) in [4.78, 5) is 15.8. The van der Waals surface area contributed by atoms with Gasteiger partial charge < -0.3 is 21.1 Å². The third-order valence-corrected chi connectivity index (χ3v) is 7.25. The highest BCUT2D eigenvalue weighted by Crippen LogP contribution is 2.39. The van der Waals surface area contributed by atoms with Gasteiger partial charge in [-0.25, -0.2) is 19.3 Å². The number of aromatic nitrogens is 3. The number of likely N-dealkylation sites (N-methyl/N-ethyl adjacent to an activating group) is 1. The molecule has 1 atom stereocenters. The van der Waals surface area contributed by atoms with Crippen molar-refractivity contribution >= 4 is 33.9 Å². The first-order chi connectivity index (χ1) is 17.4. The van der Waals surface area contributed by atoms with Crippen molar-refractivity contribution in [2.45, 2.75) is 32.9 Å². The molecule has 4 heterocycles. The summed E-state index contributed by atoms with van der Waals surface area (Å²) in [5, 5.41) is 7.06. The van der Waals surface area contributed by atoms with Gasteiger partial charge in [0.05, 0.1) is 11.2 Å². The van der Waals surface area contributed by atoms with Crippen LogP contribution in [0.3, 0.4) is 0 Å². The molecule has 9 heteroatoms. The highest BCUT2D eigenvalue weighted by Gasteiger charge is 2.22. The Morgan fingerprint density at radius 1 is 1.17 bits per heavy atom. The van der Waals surface area contributed by atoms with Crippen LogP contribution in [0, 0.1) is 12.7 Å². The summed E-state index contributed by atoms with van der Waals surface area (Å²) in [6.07, 6.45) is 4.22. The summed E-state index contributed by atoms with van der Waals surface area (Å²) in [5.41, 5.74) is 12.9. The Morgan fingerprint density at radius 3 is 2.89 bits per heavy atom. The third kappa shape index (κ3) is 3.76. The van der Waals surface area contributed by atoms with Crippen LogP contribution in [0.15, 0.2) is 36.7 Å². The van der Waals surface area contributed by atoms with E-state index in [9.17, 15) is 0 Å². The van der Waals surface area contributed by atoms with E-state index in [4.69, 9.17) is 10.5 Å². The van der Waals surface area contributed by atoms with Gasteiger partial charge in [-0.1, -0.05) is 6.07 Å². The van der Waals surface area contributed by atoms with E-state index in [-0.39, 0.29) is 5.69 Å². The molecule has 2 aliphatic heterocycles. The van der Waals surface area contributed by atoms with Crippen molar-refractivity contribution < 1.29 is 9.13 Å². The van der Waals surface area contributed by atoms with Gasteiger partial charge >= 0.3 is 0 Å². The van der Waals surface area contributed by atoms with Crippen molar-refractivity contribution in [2.75, 3.05) is 36.6 Å². The standard InChI is InChI=1S/C27H28FN7O/c1-14-8-16-4-5-18(9-17(16)13-35(14)3)33-27-32-12-21-22(34-27)10-19(23(28)24(21)29)20-11-31-26-25(15(20)2)30-6-7-36-26/h4-5,9-12,14,30H,6-8,13,29H2,1-3H3,(H,32,33,34)/t14-/m1/s1. The molecule has 0 fully saturated rings. The Labute approximate surface area is 208 Å². The van der Waals surface area contributed by atoms with E-state index in [1.54, 1.807) is 18.5 Å². The molecule has 2 aliphatic rings. The van der Waals surface area contributed by atoms with Crippen molar-refractivity contribution in [3.63, 3.8) is 0 Å². The zero-order valence-electron chi connectivity index (χ0n) is 20.5. The van der Waals surface area contributed by atoms with E-state index >= 15 is 4.39 Å². The Kier molecular flexibility index (Phi) is 5.37. The summed E-state index contributed by atoms with van der Waals surface area (Å²) >= 11 is 0. The zero-order valence-corrected chi connectivity index (χ0v) is 20.5. The van der Waals surface area contributed by atoms with Crippen LogP contribution in [0.2, 0.25) is 0 Å². The number of hydrogen-bond donors (Lipinski definition) is 3. The molecule has 4 aromatic rings. The Bertz CT molecular complexity index is 1510. The monoisotopic (exact) mass is 485 g/mol. The van der Waals surface area contributed by atoms with Crippen LogP contribution in [0.1, 0.15) is 23.6 Å². The molecule has 0 radical (unpaired) electrons. The van der Waals surface area contributed by atoms with Gasteiger partial charge in [-0.2, -0.15) is 0 Å². The summed E-state index contributed by atoms with van der Waals surface area (Å²) in [5.74, 6) is 0.435. The van der Waals surface area contributed by atoms with Gasteiger partial charge in [0.25, 0.3) is 0 Å². The smallest absolute Gasteiger partial charge is 0.237 e. The Balaban J connectivity index is 1.37. The van der Waals surface area contributed by atoms with Crippen LogP contribution in [0.5, 0.6) is 5.88 Å². The van der Waals surface area contributed by atoms with Gasteiger partial charge in [0.2, 0.25) is 11.8 Å². The molecule has 2 aromatic carbocycles. The van der Waals surface area contributed by atoms with Crippen molar-refractivity contribution in [2.24, 2.45) is 0 Å². The lowest BCUT2D eigenvalue weighted by molar-refractivity contribution is 0.231. The maximum Gasteiger partial charge on any atom is 0.237 e. The number of nitrogens with zero attached hydrogens (tertiary/aromatic N) is 4. The maximum absolute atomic E-state index is 15.4. The molecule has 8 nitrogen and oxygen atoms in total. The summed E-state index contributed by atoms with van der Waals surface area (Å²) in [6, 6.07) is 8.59. The van der Waals surface area contributed by atoms with E-state index in [1.807, 2.05) is 13.0 Å². The molecule has 0 unspecified atom stereocenters. The molecule has 36 heavy (non-hydrogen) atoms. The summed E-state index contributed by atoms with van der Waals surface area (Å²) in [7, 11) is 2.14. The van der Waals surface area contributed by atoms with Gasteiger partial charge in [-0.05, 0) is 62.2 Å². The number of benzene rings is 2. The lowest BCUT2D eigenvalue weighted by Crippen LogP contribution is -2.34. The topological polar surface area (TPSA) is 101 Å². The summed E-state index contributed by atoms with van der Waals surface area (Å²) < 4.78 is 21.0. The summed E-state index contributed by atoms with van der Waals surface area (Å²) in [6.45, 7) is 6.27. The fraction of sp³-hybridized carbons (Fsp3) is 0.296. The molecule has 2 aromatic heterocycles. The second-order valence-electron chi connectivity index (χ2n) is 9.61. The quantitative estimate of drug-likeness (QED) is 0.361. The lowest BCUT2D eigenvalue weighted by atomic mass is 9.95. The molecule has 0 saturated heterocycles. The number of rotatable bonds is 3. The number of nitrogens with two attached hydrogens (primary N) is 1. The molecule has 0 amide bonds. The van der Waals surface area contributed by atoms with Gasteiger partial charge in [0, 0.05) is 53.7 Å². The van der Waals surface area contributed by atoms with Crippen molar-refractivity contribution in [3.8, 4) is 17.0 Å². The van der Waals surface area contributed by atoms with Gasteiger partial charge in [0.1, 0.15) is 12.3 Å². The third-order valence-electron chi connectivity index (χ3n) is 7.25. The minimum atomic E-state index is -0.513. The van der Waals surface area contributed by atoms with Crippen LogP contribution in [0.4, 0.5) is 27.4 Å². The van der Waals surface area contributed by atoms with Gasteiger partial charge in [-0.15, -0.1) is 0 Å². The van der Waals surface area contributed by atoms with E-state index in [0.29, 0.717) is 53.1 Å². The molecule has 0 aliphatic carbocycles. The predicted octanol–water partition coefficient (Wildman–Crippen LogP) is 4.65. The Morgan fingerprint density at radius 2 is 2.03 bits per heavy atom. The molecular weight excluding hydrogens is 457 g/mol. The number of halogens is 1. The molecule has 184 valence electrons. The number of pyridine rings is 1. The van der Waals surface area contributed by atoms with Gasteiger partial charge in [0.15, 0.2) is 5.82 Å². The van der Waals surface area contributed by atoms with Crippen molar-refractivity contribution in [1.82, 2.24) is 19.9 Å². The first-order valence-electron chi connectivity index (χ1n) is 12.1. The van der Waals surface area contributed by atoms with Crippen molar-refractivity contribution in [3.05, 3.63) is 59.2 Å². The lowest BCUT2D eigenvalue weighted by Gasteiger charge is -2.31. The molecular formula is C27H28FN7O. The molecule has 0 spiro atoms. The van der Waals surface area contributed by atoms with Crippen LogP contribution >= 0.6 is 0 Å². The van der Waals surface area contributed by atoms with E-state index in [0.717, 1.165) is 29.9 Å². The number of nitrogens with one attached hydrogen (secondary N) is 2. The normalized spacial score (nSPS) is 17.2. The number of anilines is 4. The largest absolute Gasteiger partial charge is 0.474 e. The first-order valence-corrected chi connectivity index (χ1v) is 12.1. The number of ether oxygens (including phenoxy) is 1. The number of fused-ring (bicyclic) bond motifs is 3. The van der Waals surface area contributed by atoms with Crippen LogP contribution < -0.4 is 21.1 Å². The second-order valence-corrected chi connectivity index (χ2v) is 9.61. The van der Waals surface area contributed by atoms with Crippen molar-refractivity contribution in [1.29, 1.82) is 0 Å². The fourth-order valence-corrected chi connectivity index (χ4v) is 5.00. The minimum Gasteiger partial charge on any atom is -0.474 e. The average Bonchev–Trinajstić information content (AvgIpc) is 2.88. The predicted molar refractivity (Wildman–Crippen MR) is 140 cm³/mol. The molecule has 4 N–H and O–H groups in total. The number of nitrogen functional groups attached to an aromatic ring is 1. The molecule has 0 bridgehead atoms. The van der Waals surface area contributed by atoms with E-state index < -0.39 is 5.82 Å². The van der Waals surface area contributed by atoms with Crippen LogP contribution in [-0.2, 0) is 13.0 Å². The number of hydrogen-bond acceptors (Lipinski definition) is 8. The SMILES string of the molecule is Cc1c(-c2cc3nc(Nc4ccc5c(c4)CN(C)[C@H](C)C5)ncc3c(N)c2F)cnc2c1NCCO2. The highest BCUT2D eigenvalue weighted by molar-refractivity contribution is 5.96. The fourth-order valence-electron chi connectivity index (χ4n) is 5.00. The first kappa shape index (κ1) is 22.5. The molecule has 0 saturated carbocycles. The van der Waals surface area contributed by atoms with E-state index in [2.05, 4.69) is 56.6 Å². The minimum absolute atomic E-state index is 0.0151. The van der Waals surface area contributed by atoms with E-state index in [1.165, 1.54) is 11.1 Å². The highest BCUT2D eigenvalue weighted by atomic mass is 19.1. The van der Waals surface area contributed by atoms with Gasteiger partial charge in [-0.3, -0.25) is 4.90 Å². The maximum atomic E-state index is 15.4. The van der Waals surface area contributed by atoms with Crippen LogP contribution in [0.25, 0.3) is 22.0 Å².